The van der Waals surface area contributed by atoms with Crippen molar-refractivity contribution in [3.8, 4) is 0 Å². The van der Waals surface area contributed by atoms with E-state index in [9.17, 15) is 9.59 Å². The molecule has 0 unspecified atom stereocenters. The molecule has 126 valence electrons. The smallest absolute Gasteiger partial charge is 0.320 e. The lowest BCUT2D eigenvalue weighted by molar-refractivity contribution is 0.100. The molecule has 4 N–H and O–H groups in total. The van der Waals surface area contributed by atoms with Crippen molar-refractivity contribution in [3.63, 3.8) is 0 Å². The summed E-state index contributed by atoms with van der Waals surface area (Å²) in [5, 5.41) is 6.21. The maximum absolute atomic E-state index is 12.2. The number of rotatable bonds is 4. The molecule has 0 aliphatic heterocycles. The number of fused-ring (bicyclic) bond motifs is 1. The van der Waals surface area contributed by atoms with E-state index in [4.69, 9.17) is 5.73 Å². The third kappa shape index (κ3) is 3.43. The fourth-order valence-corrected chi connectivity index (χ4v) is 4.34. The molecule has 1 aliphatic carbocycles. The Labute approximate surface area is 145 Å². The van der Waals surface area contributed by atoms with Gasteiger partial charge < -0.3 is 11.1 Å². The van der Waals surface area contributed by atoms with Gasteiger partial charge >= 0.3 is 6.03 Å². The van der Waals surface area contributed by atoms with E-state index < -0.39 is 5.91 Å². The largest absolute Gasteiger partial charge is 0.365 e. The zero-order valence-corrected chi connectivity index (χ0v) is 14.5. The first-order valence-electron chi connectivity index (χ1n) is 8.10. The van der Waals surface area contributed by atoms with E-state index in [1.54, 1.807) is 0 Å². The second kappa shape index (κ2) is 7.05. The van der Waals surface area contributed by atoms with Crippen molar-refractivity contribution in [3.05, 3.63) is 51.4 Å². The molecule has 3 amide bonds. The fourth-order valence-electron chi connectivity index (χ4n) is 3.05. The minimum absolute atomic E-state index is 0.320. The molecule has 0 spiro atoms. The number of amides is 3. The molecule has 1 aromatic carbocycles. The molecule has 2 aromatic rings. The molecule has 1 aliphatic rings. The van der Waals surface area contributed by atoms with E-state index in [0.29, 0.717) is 17.1 Å². The van der Waals surface area contributed by atoms with Gasteiger partial charge in [0, 0.05) is 11.4 Å². The van der Waals surface area contributed by atoms with Crippen molar-refractivity contribution in [2.75, 3.05) is 5.32 Å². The summed E-state index contributed by atoms with van der Waals surface area (Å²) in [6.07, 6.45) is 3.98. The molecule has 0 saturated heterocycles. The van der Waals surface area contributed by atoms with Crippen LogP contribution < -0.4 is 16.4 Å². The Morgan fingerprint density at radius 2 is 1.96 bits per heavy atom. The highest BCUT2D eigenvalue weighted by atomic mass is 32.1. The van der Waals surface area contributed by atoms with E-state index in [1.165, 1.54) is 16.2 Å². The normalized spacial score (nSPS) is 13.2. The molecule has 6 heteroatoms. The lowest BCUT2D eigenvalue weighted by Gasteiger charge is -2.11. The number of hydrogen-bond donors (Lipinski definition) is 3. The molecular weight excluding hydrogens is 322 g/mol. The number of carbonyl (C=O) groups excluding carboxylic acids is 2. The molecule has 0 atom stereocenters. The first-order chi connectivity index (χ1) is 11.6. The zero-order valence-electron chi connectivity index (χ0n) is 13.6. The number of nitrogens with two attached hydrogens (primary N) is 1. The second-order valence-corrected chi connectivity index (χ2v) is 7.12. The predicted molar refractivity (Wildman–Crippen MR) is 96.5 cm³/mol. The van der Waals surface area contributed by atoms with Crippen molar-refractivity contribution in [2.45, 2.75) is 39.2 Å². The van der Waals surface area contributed by atoms with Gasteiger partial charge in [-0.1, -0.05) is 24.3 Å². The van der Waals surface area contributed by atoms with E-state index >= 15 is 0 Å². The van der Waals surface area contributed by atoms with Gasteiger partial charge in [-0.2, -0.15) is 0 Å². The van der Waals surface area contributed by atoms with E-state index in [2.05, 4.69) is 10.6 Å². The van der Waals surface area contributed by atoms with Gasteiger partial charge in [0.05, 0.1) is 5.56 Å². The first-order valence-corrected chi connectivity index (χ1v) is 8.91. The van der Waals surface area contributed by atoms with Gasteiger partial charge in [0.1, 0.15) is 5.00 Å². The van der Waals surface area contributed by atoms with Crippen molar-refractivity contribution in [2.24, 2.45) is 5.73 Å². The van der Waals surface area contributed by atoms with Gasteiger partial charge in [0.2, 0.25) is 0 Å². The van der Waals surface area contributed by atoms with Crippen LogP contribution in [0.4, 0.5) is 9.80 Å². The van der Waals surface area contributed by atoms with Crippen LogP contribution in [0.1, 0.15) is 44.8 Å². The van der Waals surface area contributed by atoms with Crippen LogP contribution in [-0.4, -0.2) is 11.9 Å². The Morgan fingerprint density at radius 3 is 2.71 bits per heavy atom. The van der Waals surface area contributed by atoms with Gasteiger partial charge in [-0.3, -0.25) is 10.1 Å². The van der Waals surface area contributed by atoms with Crippen LogP contribution in [0.3, 0.4) is 0 Å². The van der Waals surface area contributed by atoms with Crippen LogP contribution in [-0.2, 0) is 19.4 Å². The number of nitrogens with one attached hydrogen (secondary N) is 2. The van der Waals surface area contributed by atoms with Gasteiger partial charge in [-0.25, -0.2) is 4.79 Å². The minimum Gasteiger partial charge on any atom is -0.365 e. The van der Waals surface area contributed by atoms with Crippen molar-refractivity contribution in [1.82, 2.24) is 5.32 Å². The minimum atomic E-state index is -0.469. The first kappa shape index (κ1) is 16.5. The molecule has 3 rings (SSSR count). The molecule has 0 radical (unpaired) electrons. The molecule has 1 heterocycles. The average Bonchev–Trinajstić information content (AvgIpc) is 2.92. The third-order valence-electron chi connectivity index (χ3n) is 4.35. The van der Waals surface area contributed by atoms with E-state index in [0.717, 1.165) is 42.4 Å². The standard InChI is InChI=1S/C18H21N3O2S/c1-11-6-2-3-7-12(11)10-20-18(23)21-17-15(16(19)22)13-8-4-5-9-14(13)24-17/h2-3,6-7H,4-5,8-10H2,1H3,(H2,19,22)(H2,20,21,23). The Hall–Kier alpha value is -2.34. The summed E-state index contributed by atoms with van der Waals surface area (Å²) in [5.74, 6) is -0.469. The van der Waals surface area contributed by atoms with Gasteiger partial charge in [0.15, 0.2) is 0 Å². The highest BCUT2D eigenvalue weighted by molar-refractivity contribution is 7.17. The van der Waals surface area contributed by atoms with Crippen LogP contribution in [0.2, 0.25) is 0 Å². The fraction of sp³-hybridized carbons (Fsp3) is 0.333. The van der Waals surface area contributed by atoms with Crippen LogP contribution in [0.25, 0.3) is 0 Å². The van der Waals surface area contributed by atoms with Crippen LogP contribution in [0.15, 0.2) is 24.3 Å². The molecule has 0 fully saturated rings. The molecule has 0 saturated carbocycles. The lowest BCUT2D eigenvalue weighted by atomic mass is 9.95. The predicted octanol–water partition coefficient (Wildman–Crippen LogP) is 3.36. The Kier molecular flexibility index (Phi) is 4.85. The number of anilines is 1. The van der Waals surface area contributed by atoms with Gasteiger partial charge in [-0.15, -0.1) is 11.3 Å². The van der Waals surface area contributed by atoms with Crippen molar-refractivity contribution in [1.29, 1.82) is 0 Å². The van der Waals surface area contributed by atoms with Crippen molar-refractivity contribution >= 4 is 28.3 Å². The molecule has 5 nitrogen and oxygen atoms in total. The monoisotopic (exact) mass is 343 g/mol. The Bertz CT molecular complexity index is 783. The highest BCUT2D eigenvalue weighted by Gasteiger charge is 2.24. The number of benzene rings is 1. The summed E-state index contributed by atoms with van der Waals surface area (Å²) in [5.41, 5.74) is 9.24. The molecule has 24 heavy (non-hydrogen) atoms. The number of primary amides is 1. The Balaban J connectivity index is 1.71. The number of aryl methyl sites for hydroxylation is 2. The summed E-state index contributed by atoms with van der Waals surface area (Å²) in [6, 6.07) is 7.58. The molecule has 0 bridgehead atoms. The summed E-state index contributed by atoms with van der Waals surface area (Å²) < 4.78 is 0. The SMILES string of the molecule is Cc1ccccc1CNC(=O)Nc1sc2c(c1C(N)=O)CCCC2. The topological polar surface area (TPSA) is 84.2 Å². The van der Waals surface area contributed by atoms with Crippen molar-refractivity contribution < 1.29 is 9.59 Å². The van der Waals surface area contributed by atoms with E-state index in [1.807, 2.05) is 31.2 Å². The highest BCUT2D eigenvalue weighted by Crippen LogP contribution is 2.37. The summed E-state index contributed by atoms with van der Waals surface area (Å²) in [6.45, 7) is 2.45. The molecule has 1 aromatic heterocycles. The third-order valence-corrected chi connectivity index (χ3v) is 5.55. The summed E-state index contributed by atoms with van der Waals surface area (Å²) >= 11 is 1.47. The number of hydrogen-bond acceptors (Lipinski definition) is 3. The van der Waals surface area contributed by atoms with Gasteiger partial charge in [-0.05, 0) is 49.3 Å². The zero-order chi connectivity index (χ0) is 17.1. The summed E-state index contributed by atoms with van der Waals surface area (Å²) in [4.78, 5) is 25.2. The van der Waals surface area contributed by atoms with Gasteiger partial charge in [0.25, 0.3) is 5.91 Å². The van der Waals surface area contributed by atoms with Crippen LogP contribution >= 0.6 is 11.3 Å². The molecular formula is C18H21N3O2S. The van der Waals surface area contributed by atoms with E-state index in [-0.39, 0.29) is 6.03 Å². The lowest BCUT2D eigenvalue weighted by Crippen LogP contribution is -2.29. The maximum Gasteiger partial charge on any atom is 0.320 e. The average molecular weight is 343 g/mol. The second-order valence-electron chi connectivity index (χ2n) is 6.01. The Morgan fingerprint density at radius 1 is 1.21 bits per heavy atom. The maximum atomic E-state index is 12.2. The quantitative estimate of drug-likeness (QED) is 0.795. The number of urea groups is 1. The number of thiophene rings is 1. The van der Waals surface area contributed by atoms with Crippen LogP contribution in [0, 0.1) is 6.92 Å². The summed E-state index contributed by atoms with van der Waals surface area (Å²) in [7, 11) is 0. The van der Waals surface area contributed by atoms with Crippen LogP contribution in [0.5, 0.6) is 0 Å². The number of carbonyl (C=O) groups is 2.